The van der Waals surface area contributed by atoms with Crippen molar-refractivity contribution in [1.29, 1.82) is 0 Å². The third kappa shape index (κ3) is 3.20. The van der Waals surface area contributed by atoms with Crippen molar-refractivity contribution in [2.75, 3.05) is 13.2 Å². The summed E-state index contributed by atoms with van der Waals surface area (Å²) in [5.74, 6) is 0. The molecular formula is C14H22N2O3S. The van der Waals surface area contributed by atoms with Gasteiger partial charge in [-0.25, -0.2) is 13.1 Å². The van der Waals surface area contributed by atoms with Gasteiger partial charge in [0.15, 0.2) is 0 Å². The molecule has 0 aliphatic carbocycles. The smallest absolute Gasteiger partial charge is 0.241 e. The number of sulfonamides is 1. The Morgan fingerprint density at radius 2 is 2.15 bits per heavy atom. The second-order valence-corrected chi connectivity index (χ2v) is 7.14. The van der Waals surface area contributed by atoms with Gasteiger partial charge < -0.3 is 10.5 Å². The molecule has 0 radical (unpaired) electrons. The van der Waals surface area contributed by atoms with E-state index in [2.05, 4.69) is 4.72 Å². The number of rotatable bonds is 5. The lowest BCUT2D eigenvalue weighted by molar-refractivity contribution is 0.178. The standard InChI is InChI=1S/C14H22N2O3S/c1-3-11-4-5-13(8-12(11)9-15)20(17,18)16-14(2)6-7-19-10-14/h4-5,8,16H,3,6-7,9-10,15H2,1-2H3. The van der Waals surface area contributed by atoms with Crippen molar-refractivity contribution >= 4 is 10.0 Å². The molecule has 0 aromatic heterocycles. The zero-order valence-electron chi connectivity index (χ0n) is 12.0. The Morgan fingerprint density at radius 3 is 2.70 bits per heavy atom. The van der Waals surface area contributed by atoms with Gasteiger partial charge in [-0.05, 0) is 43.0 Å². The van der Waals surface area contributed by atoms with Crippen molar-refractivity contribution in [3.8, 4) is 0 Å². The fourth-order valence-electron chi connectivity index (χ4n) is 2.44. The van der Waals surface area contributed by atoms with Crippen LogP contribution in [0.3, 0.4) is 0 Å². The first-order chi connectivity index (χ1) is 9.40. The minimum atomic E-state index is -3.55. The van der Waals surface area contributed by atoms with E-state index in [0.29, 0.717) is 26.2 Å². The normalized spacial score (nSPS) is 23.1. The molecule has 1 aliphatic rings. The molecule has 6 heteroatoms. The second-order valence-electron chi connectivity index (χ2n) is 5.46. The predicted octanol–water partition coefficient (Wildman–Crippen LogP) is 1.16. The molecule has 112 valence electrons. The van der Waals surface area contributed by atoms with E-state index in [1.807, 2.05) is 19.9 Å². The summed E-state index contributed by atoms with van der Waals surface area (Å²) < 4.78 is 32.9. The molecule has 1 aromatic carbocycles. The molecule has 1 unspecified atom stereocenters. The maximum atomic E-state index is 12.5. The first kappa shape index (κ1) is 15.4. The molecule has 1 heterocycles. The number of hydrogen-bond acceptors (Lipinski definition) is 4. The Bertz CT molecular complexity index is 578. The van der Waals surface area contributed by atoms with Crippen LogP contribution in [0.25, 0.3) is 0 Å². The van der Waals surface area contributed by atoms with E-state index in [9.17, 15) is 8.42 Å². The van der Waals surface area contributed by atoms with Gasteiger partial charge >= 0.3 is 0 Å². The highest BCUT2D eigenvalue weighted by Crippen LogP contribution is 2.22. The maximum absolute atomic E-state index is 12.5. The highest BCUT2D eigenvalue weighted by molar-refractivity contribution is 7.89. The Hall–Kier alpha value is -0.950. The van der Waals surface area contributed by atoms with Gasteiger partial charge in [-0.15, -0.1) is 0 Å². The van der Waals surface area contributed by atoms with Crippen molar-refractivity contribution in [3.63, 3.8) is 0 Å². The minimum Gasteiger partial charge on any atom is -0.379 e. The van der Waals surface area contributed by atoms with Gasteiger partial charge in [0.05, 0.1) is 17.0 Å². The lowest BCUT2D eigenvalue weighted by atomic mass is 10.0. The van der Waals surface area contributed by atoms with Crippen molar-refractivity contribution < 1.29 is 13.2 Å². The van der Waals surface area contributed by atoms with E-state index < -0.39 is 15.6 Å². The number of benzene rings is 1. The van der Waals surface area contributed by atoms with E-state index in [-0.39, 0.29) is 4.90 Å². The zero-order valence-corrected chi connectivity index (χ0v) is 12.8. The maximum Gasteiger partial charge on any atom is 0.241 e. The fraction of sp³-hybridized carbons (Fsp3) is 0.571. The summed E-state index contributed by atoms with van der Waals surface area (Å²) in [6, 6.07) is 5.14. The van der Waals surface area contributed by atoms with Gasteiger partial charge in [-0.1, -0.05) is 13.0 Å². The Morgan fingerprint density at radius 1 is 1.40 bits per heavy atom. The highest BCUT2D eigenvalue weighted by atomic mass is 32.2. The van der Waals surface area contributed by atoms with Gasteiger partial charge in [-0.3, -0.25) is 0 Å². The fourth-order valence-corrected chi connectivity index (χ4v) is 3.91. The molecule has 1 fully saturated rings. The van der Waals surface area contributed by atoms with Crippen LogP contribution < -0.4 is 10.5 Å². The van der Waals surface area contributed by atoms with Crippen LogP contribution in [-0.2, 0) is 27.7 Å². The van der Waals surface area contributed by atoms with Crippen molar-refractivity contribution in [2.45, 2.75) is 43.7 Å². The van der Waals surface area contributed by atoms with Crippen LogP contribution in [0.2, 0.25) is 0 Å². The van der Waals surface area contributed by atoms with Crippen LogP contribution in [0.4, 0.5) is 0 Å². The molecule has 1 saturated heterocycles. The van der Waals surface area contributed by atoms with Gasteiger partial charge in [0.1, 0.15) is 0 Å². The van der Waals surface area contributed by atoms with Gasteiger partial charge in [-0.2, -0.15) is 0 Å². The summed E-state index contributed by atoms with van der Waals surface area (Å²) in [7, 11) is -3.55. The number of nitrogens with two attached hydrogens (primary N) is 1. The topological polar surface area (TPSA) is 81.4 Å². The molecule has 0 saturated carbocycles. The molecule has 1 atom stereocenters. The summed E-state index contributed by atoms with van der Waals surface area (Å²) >= 11 is 0. The third-order valence-corrected chi connectivity index (χ3v) is 5.32. The first-order valence-electron chi connectivity index (χ1n) is 6.84. The average Bonchev–Trinajstić information content (AvgIpc) is 2.83. The molecule has 3 N–H and O–H groups in total. The molecule has 0 amide bonds. The largest absolute Gasteiger partial charge is 0.379 e. The van der Waals surface area contributed by atoms with Crippen LogP contribution in [-0.4, -0.2) is 27.2 Å². The molecule has 20 heavy (non-hydrogen) atoms. The Balaban J connectivity index is 2.29. The van der Waals surface area contributed by atoms with Crippen LogP contribution >= 0.6 is 0 Å². The van der Waals surface area contributed by atoms with Crippen LogP contribution in [0.1, 0.15) is 31.4 Å². The van der Waals surface area contributed by atoms with Crippen LogP contribution in [0.15, 0.2) is 23.1 Å². The summed E-state index contributed by atoms with van der Waals surface area (Å²) in [5, 5.41) is 0. The van der Waals surface area contributed by atoms with Gasteiger partial charge in [0, 0.05) is 13.2 Å². The molecule has 5 nitrogen and oxygen atoms in total. The lowest BCUT2D eigenvalue weighted by Gasteiger charge is -2.23. The van der Waals surface area contributed by atoms with E-state index in [0.717, 1.165) is 17.5 Å². The summed E-state index contributed by atoms with van der Waals surface area (Å²) in [6.45, 7) is 5.22. The van der Waals surface area contributed by atoms with E-state index in [1.54, 1.807) is 12.1 Å². The van der Waals surface area contributed by atoms with Gasteiger partial charge in [0.2, 0.25) is 10.0 Å². The van der Waals surface area contributed by atoms with E-state index in [4.69, 9.17) is 10.5 Å². The van der Waals surface area contributed by atoms with Gasteiger partial charge in [0.25, 0.3) is 0 Å². The number of aryl methyl sites for hydroxylation is 1. The molecular weight excluding hydrogens is 276 g/mol. The van der Waals surface area contributed by atoms with Crippen LogP contribution in [0.5, 0.6) is 0 Å². The summed E-state index contributed by atoms with van der Waals surface area (Å²) in [6.07, 6.45) is 1.52. The van der Waals surface area contributed by atoms with Crippen molar-refractivity contribution in [3.05, 3.63) is 29.3 Å². The number of hydrogen-bond donors (Lipinski definition) is 2. The third-order valence-electron chi connectivity index (χ3n) is 3.69. The Kier molecular flexibility index (Phi) is 4.49. The SMILES string of the molecule is CCc1ccc(S(=O)(=O)NC2(C)CCOC2)cc1CN. The molecule has 0 spiro atoms. The lowest BCUT2D eigenvalue weighted by Crippen LogP contribution is -2.46. The monoisotopic (exact) mass is 298 g/mol. The highest BCUT2D eigenvalue weighted by Gasteiger charge is 2.34. The summed E-state index contributed by atoms with van der Waals surface area (Å²) in [5.41, 5.74) is 7.13. The predicted molar refractivity (Wildman–Crippen MR) is 77.9 cm³/mol. The number of nitrogens with one attached hydrogen (secondary N) is 1. The average molecular weight is 298 g/mol. The van der Waals surface area contributed by atoms with Crippen LogP contribution in [0, 0.1) is 0 Å². The molecule has 1 aliphatic heterocycles. The number of ether oxygens (including phenoxy) is 1. The minimum absolute atomic E-state index is 0.267. The molecule has 2 rings (SSSR count). The van der Waals surface area contributed by atoms with E-state index >= 15 is 0 Å². The summed E-state index contributed by atoms with van der Waals surface area (Å²) in [4.78, 5) is 0.267. The van der Waals surface area contributed by atoms with E-state index in [1.165, 1.54) is 0 Å². The Labute approximate surface area is 120 Å². The van der Waals surface area contributed by atoms with Crippen molar-refractivity contribution in [2.24, 2.45) is 5.73 Å². The zero-order chi connectivity index (χ0) is 14.8. The molecule has 1 aromatic rings. The second kappa shape index (κ2) is 5.81. The molecule has 0 bridgehead atoms. The first-order valence-corrected chi connectivity index (χ1v) is 8.32. The van der Waals surface area contributed by atoms with Crippen molar-refractivity contribution in [1.82, 2.24) is 4.72 Å². The quantitative estimate of drug-likeness (QED) is 0.855.